The van der Waals surface area contributed by atoms with Gasteiger partial charge in [0.25, 0.3) is 5.56 Å². The van der Waals surface area contributed by atoms with E-state index >= 15 is 0 Å². The molecule has 2 aromatic heterocycles. The maximum Gasteiger partial charge on any atom is 0.329 e. The lowest BCUT2D eigenvalue weighted by Gasteiger charge is -2.30. The van der Waals surface area contributed by atoms with Crippen LogP contribution in [0.25, 0.3) is 10.9 Å². The molecule has 2 N–H and O–H groups in total. The van der Waals surface area contributed by atoms with Crippen LogP contribution >= 0.6 is 0 Å². The lowest BCUT2D eigenvalue weighted by molar-refractivity contribution is -0.126. The third kappa shape index (κ3) is 4.39. The number of aromatic nitrogens is 3. The minimum Gasteiger partial charge on any atom is -0.346 e. The number of nitrogens with zero attached hydrogens (tertiary/aromatic N) is 3. The number of benzene rings is 1. The number of hydrogen-bond acceptors (Lipinski definition) is 5. The summed E-state index contributed by atoms with van der Waals surface area (Å²) in [5.74, 6) is -1.90. The van der Waals surface area contributed by atoms with Gasteiger partial charge in [-0.2, -0.15) is 5.26 Å². The fourth-order valence-corrected chi connectivity index (χ4v) is 4.06. The molecule has 4 rings (SSSR count). The highest BCUT2D eigenvalue weighted by molar-refractivity contribution is 5.82. The normalized spacial score (nSPS) is 15.5. The number of carbonyl (C=O) groups excluding carboxylic acids is 1. The first-order valence-electron chi connectivity index (χ1n) is 10.6. The molecule has 1 aliphatic carbocycles. The van der Waals surface area contributed by atoms with E-state index < -0.39 is 40.9 Å². The fourth-order valence-electron chi connectivity index (χ4n) is 4.06. The lowest BCUT2D eigenvalue weighted by Crippen LogP contribution is -2.46. The Morgan fingerprint density at radius 1 is 1.33 bits per heavy atom. The third-order valence-electron chi connectivity index (χ3n) is 6.05. The highest BCUT2D eigenvalue weighted by atomic mass is 19.1. The molecular weight excluding hydrogens is 432 g/mol. The summed E-state index contributed by atoms with van der Waals surface area (Å²) in [6.45, 7) is 1.51. The molecule has 0 bridgehead atoms. The van der Waals surface area contributed by atoms with Crippen LogP contribution < -0.4 is 16.6 Å². The predicted octanol–water partition coefficient (Wildman–Crippen LogP) is 2.84. The molecule has 1 saturated carbocycles. The van der Waals surface area contributed by atoms with Gasteiger partial charge in [0.2, 0.25) is 5.91 Å². The largest absolute Gasteiger partial charge is 0.346 e. The van der Waals surface area contributed by atoms with Crippen LogP contribution in [0, 0.1) is 28.9 Å². The van der Waals surface area contributed by atoms with Gasteiger partial charge in [-0.3, -0.25) is 14.6 Å². The first-order chi connectivity index (χ1) is 15.8. The van der Waals surface area contributed by atoms with Crippen LogP contribution in [0.5, 0.6) is 0 Å². The molecule has 1 amide bonds. The van der Waals surface area contributed by atoms with Crippen molar-refractivity contribution in [1.29, 1.82) is 5.26 Å². The number of pyridine rings is 1. The molecule has 1 aromatic carbocycles. The highest BCUT2D eigenvalue weighted by Crippen LogP contribution is 2.33. The number of nitriles is 1. The summed E-state index contributed by atoms with van der Waals surface area (Å²) in [5, 5.41) is 11.5. The summed E-state index contributed by atoms with van der Waals surface area (Å²) < 4.78 is 28.9. The summed E-state index contributed by atoms with van der Waals surface area (Å²) in [5.41, 5.74) is -1.43. The number of fused-ring (bicyclic) bond motifs is 1. The average Bonchev–Trinajstić information content (AvgIpc) is 2.74. The predicted molar refractivity (Wildman–Crippen MR) is 115 cm³/mol. The molecule has 10 heteroatoms. The quantitative estimate of drug-likeness (QED) is 0.595. The molecular formula is C23H21F2N5O3. The summed E-state index contributed by atoms with van der Waals surface area (Å²) in [4.78, 5) is 45.6. The molecule has 2 heterocycles. The fraction of sp³-hybridized carbons (Fsp3) is 0.348. The van der Waals surface area contributed by atoms with E-state index in [0.717, 1.165) is 42.0 Å². The molecule has 1 aliphatic rings. The second-order valence-electron chi connectivity index (χ2n) is 8.28. The van der Waals surface area contributed by atoms with Crippen LogP contribution in [0.4, 0.5) is 8.78 Å². The molecule has 3 aromatic rings. The number of halogens is 2. The van der Waals surface area contributed by atoms with E-state index in [-0.39, 0.29) is 34.5 Å². The zero-order valence-corrected chi connectivity index (χ0v) is 17.8. The van der Waals surface area contributed by atoms with Crippen molar-refractivity contribution in [3.05, 3.63) is 74.2 Å². The Balaban J connectivity index is 1.71. The number of rotatable bonds is 6. The Labute approximate surface area is 186 Å². The van der Waals surface area contributed by atoms with Crippen LogP contribution in [-0.4, -0.2) is 20.4 Å². The van der Waals surface area contributed by atoms with Crippen LogP contribution in [0.3, 0.4) is 0 Å². The van der Waals surface area contributed by atoms with Crippen molar-refractivity contribution in [2.75, 3.05) is 0 Å². The third-order valence-corrected chi connectivity index (χ3v) is 6.05. The topological polar surface area (TPSA) is 121 Å². The van der Waals surface area contributed by atoms with Gasteiger partial charge < -0.3 is 10.3 Å². The second kappa shape index (κ2) is 8.94. The Morgan fingerprint density at radius 2 is 2.09 bits per heavy atom. The number of nitrogens with one attached hydrogen (secondary N) is 2. The first kappa shape index (κ1) is 22.3. The van der Waals surface area contributed by atoms with Crippen molar-refractivity contribution in [3.63, 3.8) is 0 Å². The van der Waals surface area contributed by atoms with Gasteiger partial charge in [0, 0.05) is 6.20 Å². The zero-order valence-electron chi connectivity index (χ0n) is 17.8. The van der Waals surface area contributed by atoms with E-state index in [4.69, 9.17) is 5.26 Å². The van der Waals surface area contributed by atoms with Crippen LogP contribution in [-0.2, 0) is 4.79 Å². The minimum absolute atomic E-state index is 0.0409. The average molecular weight is 453 g/mol. The molecule has 8 nitrogen and oxygen atoms in total. The van der Waals surface area contributed by atoms with Gasteiger partial charge in [0.05, 0.1) is 28.2 Å². The van der Waals surface area contributed by atoms with Crippen molar-refractivity contribution < 1.29 is 13.6 Å². The second-order valence-corrected chi connectivity index (χ2v) is 8.28. The molecule has 0 saturated heterocycles. The zero-order chi connectivity index (χ0) is 23.7. The molecule has 2 atom stereocenters. The van der Waals surface area contributed by atoms with Gasteiger partial charge in [0.15, 0.2) is 0 Å². The smallest absolute Gasteiger partial charge is 0.329 e. The molecule has 170 valence electrons. The standard InChI is InChI=1S/C23H21F2N5O3/c1-12(20-17(25)7-14(10-26)11-27-20)28-21(31)19(8-13-3-2-4-13)30-22(32)16-9-15(24)5-6-18(16)29-23(30)33/h5-7,9,11-13,19H,2-4,8H2,1H3,(H,28,31)(H,29,33)/t12-,19-/m1/s1. The summed E-state index contributed by atoms with van der Waals surface area (Å²) in [7, 11) is 0. The Kier molecular flexibility index (Phi) is 6.05. The Morgan fingerprint density at radius 3 is 2.73 bits per heavy atom. The highest BCUT2D eigenvalue weighted by Gasteiger charge is 2.32. The Bertz CT molecular complexity index is 1390. The summed E-state index contributed by atoms with van der Waals surface area (Å²) in [6.07, 6.45) is 4.15. The van der Waals surface area contributed by atoms with Gasteiger partial charge in [-0.25, -0.2) is 18.1 Å². The van der Waals surface area contributed by atoms with Crippen molar-refractivity contribution in [1.82, 2.24) is 19.9 Å². The lowest BCUT2D eigenvalue weighted by atomic mass is 9.80. The van der Waals surface area contributed by atoms with Gasteiger partial charge >= 0.3 is 5.69 Å². The minimum atomic E-state index is -1.16. The van der Waals surface area contributed by atoms with E-state index in [1.807, 2.05) is 0 Å². The van der Waals surface area contributed by atoms with Crippen LogP contribution in [0.15, 0.2) is 40.1 Å². The van der Waals surface area contributed by atoms with Gasteiger partial charge in [-0.1, -0.05) is 19.3 Å². The SMILES string of the molecule is C[C@@H](NC(=O)[C@@H](CC1CCC1)n1c(=O)[nH]c2ccc(F)cc2c1=O)c1ncc(C#N)cc1F. The maximum absolute atomic E-state index is 14.4. The molecule has 33 heavy (non-hydrogen) atoms. The number of aromatic amines is 1. The van der Waals surface area contributed by atoms with Crippen LogP contribution in [0.1, 0.15) is 55.9 Å². The van der Waals surface area contributed by atoms with Crippen molar-refractivity contribution in [2.45, 2.75) is 44.7 Å². The summed E-state index contributed by atoms with van der Waals surface area (Å²) >= 11 is 0. The van der Waals surface area contributed by atoms with Crippen molar-refractivity contribution >= 4 is 16.8 Å². The molecule has 0 aliphatic heterocycles. The number of amides is 1. The van der Waals surface area contributed by atoms with Gasteiger partial charge in [-0.15, -0.1) is 0 Å². The van der Waals surface area contributed by atoms with E-state index in [1.54, 1.807) is 6.07 Å². The monoisotopic (exact) mass is 453 g/mol. The molecule has 0 spiro atoms. The first-order valence-corrected chi connectivity index (χ1v) is 10.6. The molecule has 0 unspecified atom stereocenters. The van der Waals surface area contributed by atoms with E-state index in [2.05, 4.69) is 15.3 Å². The van der Waals surface area contributed by atoms with Gasteiger partial charge in [-0.05, 0) is 43.5 Å². The van der Waals surface area contributed by atoms with E-state index in [0.29, 0.717) is 0 Å². The Hall–Kier alpha value is -3.87. The number of hydrogen-bond donors (Lipinski definition) is 2. The van der Waals surface area contributed by atoms with Crippen LogP contribution in [0.2, 0.25) is 0 Å². The van der Waals surface area contributed by atoms with Gasteiger partial charge in [0.1, 0.15) is 23.7 Å². The van der Waals surface area contributed by atoms with E-state index in [9.17, 15) is 23.2 Å². The van der Waals surface area contributed by atoms with E-state index in [1.165, 1.54) is 19.2 Å². The van der Waals surface area contributed by atoms with Crippen molar-refractivity contribution in [2.24, 2.45) is 5.92 Å². The summed E-state index contributed by atoms with van der Waals surface area (Å²) in [6, 6.07) is 4.19. The molecule has 0 radical (unpaired) electrons. The maximum atomic E-state index is 14.4. The number of H-pyrrole nitrogens is 1. The van der Waals surface area contributed by atoms with Crippen molar-refractivity contribution in [3.8, 4) is 6.07 Å². The number of carbonyl (C=O) groups is 1. The molecule has 1 fully saturated rings.